The summed E-state index contributed by atoms with van der Waals surface area (Å²) in [6, 6.07) is 6.00. The van der Waals surface area contributed by atoms with Gasteiger partial charge in [-0.1, -0.05) is 29.3 Å². The third-order valence-corrected chi connectivity index (χ3v) is 3.64. The topological polar surface area (TPSA) is 59.6 Å². The van der Waals surface area contributed by atoms with Crippen LogP contribution in [-0.4, -0.2) is 31.4 Å². The molecule has 1 aliphatic heterocycles. The molecule has 0 saturated heterocycles. The average molecular weight is 354 g/mol. The molecule has 1 aromatic carbocycles. The average Bonchev–Trinajstić information content (AvgIpc) is 3.00. The van der Waals surface area contributed by atoms with Gasteiger partial charge in [0.2, 0.25) is 0 Å². The number of halogens is 1. The standard InChI is InChI=1S/C15H21BrN4O/c1-3-4-9-21-14-6-5-12(16)10-13(14)11(2)19-20-15-17-7-8-18-15/h5-6,10H,3-4,7-9H2,1-2H3,(H2,17,18,20)/p+1/b19-11+. The zero-order valence-corrected chi connectivity index (χ0v) is 14.1. The molecule has 0 saturated carbocycles. The molecule has 0 unspecified atom stereocenters. The lowest BCUT2D eigenvalue weighted by atomic mass is 10.1. The van der Waals surface area contributed by atoms with E-state index in [0.717, 1.165) is 60.0 Å². The molecule has 1 heterocycles. The van der Waals surface area contributed by atoms with E-state index in [1.165, 1.54) is 0 Å². The molecule has 21 heavy (non-hydrogen) atoms. The molecule has 1 aliphatic rings. The maximum Gasteiger partial charge on any atom is 0.367 e. The molecule has 1 aromatic rings. The first-order chi connectivity index (χ1) is 10.2. The van der Waals surface area contributed by atoms with Gasteiger partial charge in [-0.3, -0.25) is 10.3 Å². The maximum absolute atomic E-state index is 5.86. The maximum atomic E-state index is 5.86. The van der Waals surface area contributed by atoms with E-state index in [1.54, 1.807) is 0 Å². The molecule has 0 fully saturated rings. The molecule has 0 bridgehead atoms. The van der Waals surface area contributed by atoms with Crippen molar-refractivity contribution >= 4 is 27.6 Å². The summed E-state index contributed by atoms with van der Waals surface area (Å²) in [5.41, 5.74) is 4.88. The number of benzene rings is 1. The van der Waals surface area contributed by atoms with Gasteiger partial charge in [-0.2, -0.15) is 5.43 Å². The van der Waals surface area contributed by atoms with Gasteiger partial charge in [-0.15, -0.1) is 5.10 Å². The second-order valence-electron chi connectivity index (χ2n) is 4.88. The van der Waals surface area contributed by atoms with E-state index in [2.05, 4.69) is 43.7 Å². The fraction of sp³-hybridized carbons (Fsp3) is 0.467. The van der Waals surface area contributed by atoms with Crippen molar-refractivity contribution in [1.82, 2.24) is 10.7 Å². The lowest BCUT2D eigenvalue weighted by Crippen LogP contribution is -2.73. The van der Waals surface area contributed by atoms with Crippen LogP contribution in [0.2, 0.25) is 0 Å². The first kappa shape index (κ1) is 15.8. The van der Waals surface area contributed by atoms with Gasteiger partial charge in [0.1, 0.15) is 5.75 Å². The summed E-state index contributed by atoms with van der Waals surface area (Å²) in [5.74, 6) is 1.71. The first-order valence-corrected chi connectivity index (χ1v) is 8.07. The fourth-order valence-electron chi connectivity index (χ4n) is 1.95. The normalized spacial score (nSPS) is 14.6. The van der Waals surface area contributed by atoms with E-state index in [4.69, 9.17) is 4.74 Å². The van der Waals surface area contributed by atoms with Crippen molar-refractivity contribution in [2.75, 3.05) is 19.7 Å². The fourth-order valence-corrected chi connectivity index (χ4v) is 2.31. The molecular formula is C15H22BrN4O+. The van der Waals surface area contributed by atoms with Gasteiger partial charge in [0.05, 0.1) is 25.4 Å². The minimum absolute atomic E-state index is 0.728. The lowest BCUT2D eigenvalue weighted by Gasteiger charge is -2.11. The van der Waals surface area contributed by atoms with Crippen molar-refractivity contribution < 1.29 is 9.73 Å². The van der Waals surface area contributed by atoms with E-state index >= 15 is 0 Å². The van der Waals surface area contributed by atoms with E-state index in [0.29, 0.717) is 0 Å². The highest BCUT2D eigenvalue weighted by Gasteiger charge is 2.12. The Balaban J connectivity index is 2.11. The van der Waals surface area contributed by atoms with Crippen molar-refractivity contribution in [3.05, 3.63) is 28.2 Å². The molecule has 0 atom stereocenters. The Bertz CT molecular complexity index is 542. The van der Waals surface area contributed by atoms with Crippen LogP contribution in [0, 0.1) is 0 Å². The quantitative estimate of drug-likeness (QED) is 0.406. The van der Waals surface area contributed by atoms with Gasteiger partial charge in [0.25, 0.3) is 0 Å². The van der Waals surface area contributed by atoms with Crippen molar-refractivity contribution in [2.24, 2.45) is 5.10 Å². The predicted molar refractivity (Wildman–Crippen MR) is 88.7 cm³/mol. The minimum atomic E-state index is 0.728. The third-order valence-electron chi connectivity index (χ3n) is 3.15. The van der Waals surface area contributed by atoms with E-state index in [-0.39, 0.29) is 0 Å². The number of nitrogens with one attached hydrogen (secondary N) is 3. The molecule has 0 radical (unpaired) electrons. The zero-order chi connectivity index (χ0) is 15.1. The van der Waals surface area contributed by atoms with Gasteiger partial charge in [0.15, 0.2) is 0 Å². The summed E-state index contributed by atoms with van der Waals surface area (Å²) in [5, 5.41) is 7.59. The van der Waals surface area contributed by atoms with Crippen molar-refractivity contribution in [3.63, 3.8) is 0 Å². The molecule has 0 aliphatic carbocycles. The van der Waals surface area contributed by atoms with Gasteiger partial charge in [0, 0.05) is 10.0 Å². The van der Waals surface area contributed by atoms with Gasteiger partial charge in [-0.25, -0.2) is 0 Å². The smallest absolute Gasteiger partial charge is 0.367 e. The summed E-state index contributed by atoms with van der Waals surface area (Å²) in [6.07, 6.45) is 2.17. The highest BCUT2D eigenvalue weighted by atomic mass is 79.9. The summed E-state index contributed by atoms with van der Waals surface area (Å²) in [7, 11) is 0. The van der Waals surface area contributed by atoms with E-state index < -0.39 is 0 Å². The Morgan fingerprint density at radius 2 is 2.38 bits per heavy atom. The summed E-state index contributed by atoms with van der Waals surface area (Å²) in [4.78, 5) is 3.18. The Morgan fingerprint density at radius 3 is 3.10 bits per heavy atom. The molecule has 0 amide bonds. The number of guanidine groups is 1. The molecular weight excluding hydrogens is 332 g/mol. The van der Waals surface area contributed by atoms with Gasteiger partial charge < -0.3 is 4.74 Å². The number of unbranched alkanes of at least 4 members (excludes halogenated alkanes) is 1. The summed E-state index contributed by atoms with van der Waals surface area (Å²) < 4.78 is 6.87. The summed E-state index contributed by atoms with van der Waals surface area (Å²) in [6.45, 7) is 6.68. The van der Waals surface area contributed by atoms with Gasteiger partial charge >= 0.3 is 5.96 Å². The molecule has 5 nitrogen and oxygen atoms in total. The van der Waals surface area contributed by atoms with E-state index in [9.17, 15) is 0 Å². The number of nitrogens with zero attached hydrogens (tertiary/aromatic N) is 1. The van der Waals surface area contributed by atoms with Crippen LogP contribution >= 0.6 is 15.9 Å². The highest BCUT2D eigenvalue weighted by molar-refractivity contribution is 9.10. The number of ether oxygens (including phenoxy) is 1. The lowest BCUT2D eigenvalue weighted by molar-refractivity contribution is -0.446. The van der Waals surface area contributed by atoms with Crippen molar-refractivity contribution in [2.45, 2.75) is 26.7 Å². The van der Waals surface area contributed by atoms with E-state index in [1.807, 2.05) is 25.1 Å². The van der Waals surface area contributed by atoms with Crippen molar-refractivity contribution in [3.8, 4) is 5.75 Å². The second-order valence-corrected chi connectivity index (χ2v) is 5.80. The molecule has 0 spiro atoms. The molecule has 0 aromatic heterocycles. The predicted octanol–water partition coefficient (Wildman–Crippen LogP) is 0.981. The van der Waals surface area contributed by atoms with Crippen LogP contribution in [-0.2, 0) is 0 Å². The van der Waals surface area contributed by atoms with Crippen LogP contribution in [0.25, 0.3) is 0 Å². The van der Waals surface area contributed by atoms with Crippen LogP contribution in [0.5, 0.6) is 5.75 Å². The Hall–Kier alpha value is -1.56. The number of rotatable bonds is 6. The Labute approximate surface area is 134 Å². The minimum Gasteiger partial charge on any atom is -0.493 e. The molecule has 2 rings (SSSR count). The van der Waals surface area contributed by atoms with Gasteiger partial charge in [-0.05, 0) is 31.5 Å². The van der Waals surface area contributed by atoms with Crippen LogP contribution < -0.4 is 20.5 Å². The first-order valence-electron chi connectivity index (χ1n) is 7.28. The van der Waals surface area contributed by atoms with Crippen LogP contribution in [0.4, 0.5) is 0 Å². The van der Waals surface area contributed by atoms with Crippen LogP contribution in [0.15, 0.2) is 27.8 Å². The second kappa shape index (κ2) is 8.02. The van der Waals surface area contributed by atoms with Crippen LogP contribution in [0.1, 0.15) is 32.3 Å². The largest absolute Gasteiger partial charge is 0.493 e. The number of hydrazone groups is 1. The zero-order valence-electron chi connectivity index (χ0n) is 12.5. The Kier molecular flexibility index (Phi) is 6.04. The Morgan fingerprint density at radius 1 is 1.52 bits per heavy atom. The number of hydrogen-bond donors (Lipinski definition) is 3. The molecule has 6 heteroatoms. The highest BCUT2D eigenvalue weighted by Crippen LogP contribution is 2.24. The molecule has 3 N–H and O–H groups in total. The van der Waals surface area contributed by atoms with Crippen molar-refractivity contribution in [1.29, 1.82) is 0 Å². The third kappa shape index (κ3) is 4.74. The SMILES string of the molecule is CCCCOc1ccc(Br)cc1/C(C)=N/NC1=[NH+]CCN1. The molecule has 114 valence electrons. The van der Waals surface area contributed by atoms with Crippen LogP contribution in [0.3, 0.4) is 0 Å². The summed E-state index contributed by atoms with van der Waals surface area (Å²) >= 11 is 3.50. The monoisotopic (exact) mass is 353 g/mol. The number of hydrogen-bond acceptors (Lipinski definition) is 4.